The van der Waals surface area contributed by atoms with Gasteiger partial charge in [0, 0.05) is 33.9 Å². The van der Waals surface area contributed by atoms with E-state index in [1.165, 1.54) is 12.1 Å². The Morgan fingerprint density at radius 2 is 2.05 bits per heavy atom. The first-order chi connectivity index (χ1) is 9.95. The number of hydrogen-bond acceptors (Lipinski definition) is 4. The molecule has 0 N–H and O–H groups in total. The van der Waals surface area contributed by atoms with Crippen molar-refractivity contribution in [1.82, 2.24) is 4.90 Å². The van der Waals surface area contributed by atoms with Crippen LogP contribution in [0.1, 0.15) is 10.4 Å². The first-order valence-electron chi connectivity index (χ1n) is 6.16. The van der Waals surface area contributed by atoms with E-state index in [2.05, 4.69) is 15.9 Å². The average molecular weight is 369 g/mol. The smallest absolute Gasteiger partial charge is 0.269 e. The number of nitro benzene ring substituents is 1. The molecule has 2 aromatic rings. The topological polar surface area (TPSA) is 63.5 Å². The van der Waals surface area contributed by atoms with Crippen LogP contribution < -0.4 is 0 Å². The maximum absolute atomic E-state index is 12.1. The molecule has 21 heavy (non-hydrogen) atoms. The van der Waals surface area contributed by atoms with Gasteiger partial charge in [0.2, 0.25) is 5.91 Å². The number of hydrogen-bond donors (Lipinski definition) is 0. The molecule has 1 heterocycles. The molecule has 0 bridgehead atoms. The molecular formula is C14H13BrN2O3S. The number of halogens is 1. The van der Waals surface area contributed by atoms with E-state index < -0.39 is 4.92 Å². The lowest BCUT2D eigenvalue weighted by Crippen LogP contribution is -2.27. The number of thiophene rings is 1. The number of nitrogens with zero attached hydrogens (tertiary/aromatic N) is 2. The molecule has 0 aliphatic carbocycles. The summed E-state index contributed by atoms with van der Waals surface area (Å²) in [5.41, 5.74) is 0.799. The fourth-order valence-corrected chi connectivity index (χ4v) is 3.31. The molecule has 0 aliphatic rings. The van der Waals surface area contributed by atoms with Crippen molar-refractivity contribution in [2.75, 3.05) is 7.05 Å². The lowest BCUT2D eigenvalue weighted by atomic mass is 10.1. The number of amides is 1. The van der Waals surface area contributed by atoms with Gasteiger partial charge in [0.05, 0.1) is 17.9 Å². The summed E-state index contributed by atoms with van der Waals surface area (Å²) in [6.07, 6.45) is 0.237. The van der Waals surface area contributed by atoms with Crippen molar-refractivity contribution in [3.05, 3.63) is 60.7 Å². The highest BCUT2D eigenvalue weighted by molar-refractivity contribution is 9.10. The zero-order chi connectivity index (χ0) is 15.4. The molecule has 1 aromatic heterocycles. The summed E-state index contributed by atoms with van der Waals surface area (Å²) < 4.78 is 1.01. The second kappa shape index (κ2) is 6.82. The fraction of sp³-hybridized carbons (Fsp3) is 0.214. The van der Waals surface area contributed by atoms with E-state index in [0.29, 0.717) is 6.54 Å². The molecule has 0 saturated carbocycles. The first kappa shape index (κ1) is 15.7. The second-order valence-electron chi connectivity index (χ2n) is 4.58. The van der Waals surface area contributed by atoms with Gasteiger partial charge < -0.3 is 4.90 Å². The molecule has 5 nitrogen and oxygen atoms in total. The fourth-order valence-electron chi connectivity index (χ4n) is 1.80. The van der Waals surface area contributed by atoms with Gasteiger partial charge >= 0.3 is 0 Å². The first-order valence-corrected chi connectivity index (χ1v) is 7.83. The molecular weight excluding hydrogens is 356 g/mol. The highest BCUT2D eigenvalue weighted by atomic mass is 79.9. The van der Waals surface area contributed by atoms with Crippen molar-refractivity contribution in [3.8, 4) is 0 Å². The number of benzene rings is 1. The predicted octanol–water partition coefficient (Wildman–Crippen LogP) is 3.62. The van der Waals surface area contributed by atoms with Crippen molar-refractivity contribution >= 4 is 38.9 Å². The predicted molar refractivity (Wildman–Crippen MR) is 85.3 cm³/mol. The van der Waals surface area contributed by atoms with E-state index in [0.717, 1.165) is 14.9 Å². The molecule has 0 aliphatic heterocycles. The monoisotopic (exact) mass is 368 g/mol. The summed E-state index contributed by atoms with van der Waals surface area (Å²) in [7, 11) is 1.75. The Balaban J connectivity index is 1.95. The van der Waals surface area contributed by atoms with Crippen LogP contribution in [-0.2, 0) is 17.8 Å². The van der Waals surface area contributed by atoms with E-state index in [4.69, 9.17) is 0 Å². The highest BCUT2D eigenvalue weighted by Gasteiger charge is 2.12. The Morgan fingerprint density at radius 1 is 1.38 bits per heavy atom. The van der Waals surface area contributed by atoms with Crippen LogP contribution in [0.3, 0.4) is 0 Å². The van der Waals surface area contributed by atoms with E-state index in [1.807, 2.05) is 11.4 Å². The third-order valence-corrected chi connectivity index (χ3v) is 4.63. The van der Waals surface area contributed by atoms with Crippen LogP contribution in [0.15, 0.2) is 40.2 Å². The quantitative estimate of drug-likeness (QED) is 0.597. The summed E-state index contributed by atoms with van der Waals surface area (Å²) in [6, 6.07) is 8.05. The standard InChI is InChI=1S/C14H13BrN2O3S/c1-16(8-13-7-11(15)9-21-13)14(18)6-10-2-4-12(5-3-10)17(19)20/h2-5,7,9H,6,8H2,1H3. The molecule has 0 radical (unpaired) electrons. The summed E-state index contributed by atoms with van der Waals surface area (Å²) in [5, 5.41) is 12.6. The van der Waals surface area contributed by atoms with Crippen LogP contribution in [0, 0.1) is 10.1 Å². The van der Waals surface area contributed by atoms with E-state index >= 15 is 0 Å². The van der Waals surface area contributed by atoms with Gasteiger partial charge in [-0.1, -0.05) is 12.1 Å². The SMILES string of the molecule is CN(Cc1cc(Br)cs1)C(=O)Cc1ccc([N+](=O)[O-])cc1. The van der Waals surface area contributed by atoms with Crippen molar-refractivity contribution < 1.29 is 9.72 Å². The second-order valence-corrected chi connectivity index (χ2v) is 6.49. The van der Waals surface area contributed by atoms with Crippen molar-refractivity contribution in [2.45, 2.75) is 13.0 Å². The van der Waals surface area contributed by atoms with Crippen LogP contribution in [0.4, 0.5) is 5.69 Å². The highest BCUT2D eigenvalue weighted by Crippen LogP contribution is 2.21. The minimum atomic E-state index is -0.452. The normalized spacial score (nSPS) is 10.4. The largest absolute Gasteiger partial charge is 0.340 e. The summed E-state index contributed by atoms with van der Waals surface area (Å²) in [5.74, 6) is -0.0200. The molecule has 1 aromatic carbocycles. The van der Waals surface area contributed by atoms with Gasteiger partial charge in [0.25, 0.3) is 5.69 Å². The molecule has 2 rings (SSSR count). The van der Waals surface area contributed by atoms with Crippen LogP contribution in [0.2, 0.25) is 0 Å². The van der Waals surface area contributed by atoms with Crippen molar-refractivity contribution in [3.63, 3.8) is 0 Å². The van der Waals surface area contributed by atoms with Crippen molar-refractivity contribution in [1.29, 1.82) is 0 Å². The minimum Gasteiger partial charge on any atom is -0.340 e. The molecule has 1 amide bonds. The molecule has 0 spiro atoms. The number of non-ortho nitro benzene ring substituents is 1. The molecule has 0 saturated heterocycles. The van der Waals surface area contributed by atoms with Gasteiger partial charge in [0.15, 0.2) is 0 Å². The third-order valence-electron chi connectivity index (χ3n) is 2.94. The lowest BCUT2D eigenvalue weighted by Gasteiger charge is -2.16. The Labute approximate surface area is 134 Å². The Hall–Kier alpha value is -1.73. The lowest BCUT2D eigenvalue weighted by molar-refractivity contribution is -0.384. The molecule has 0 atom stereocenters. The number of carbonyl (C=O) groups is 1. The van der Waals surface area contributed by atoms with Gasteiger partial charge in [-0.25, -0.2) is 0 Å². The van der Waals surface area contributed by atoms with Crippen LogP contribution in [0.5, 0.6) is 0 Å². The third kappa shape index (κ3) is 4.37. The Kier molecular flexibility index (Phi) is 5.08. The van der Waals surface area contributed by atoms with Crippen LogP contribution in [-0.4, -0.2) is 22.8 Å². The average Bonchev–Trinajstić information content (AvgIpc) is 2.84. The van der Waals surface area contributed by atoms with Gasteiger partial charge in [-0.3, -0.25) is 14.9 Å². The van der Waals surface area contributed by atoms with Gasteiger partial charge in [0.1, 0.15) is 0 Å². The van der Waals surface area contributed by atoms with Gasteiger partial charge in [-0.05, 0) is 27.6 Å². The molecule has 110 valence electrons. The van der Waals surface area contributed by atoms with Crippen LogP contribution in [0.25, 0.3) is 0 Å². The van der Waals surface area contributed by atoms with Crippen LogP contribution >= 0.6 is 27.3 Å². The van der Waals surface area contributed by atoms with E-state index in [9.17, 15) is 14.9 Å². The number of likely N-dealkylation sites (N-methyl/N-ethyl adjacent to an activating group) is 1. The summed E-state index contributed by atoms with van der Waals surface area (Å²) in [4.78, 5) is 25.0. The van der Waals surface area contributed by atoms with Crippen molar-refractivity contribution in [2.24, 2.45) is 0 Å². The molecule has 7 heteroatoms. The minimum absolute atomic E-state index is 0.0200. The maximum atomic E-state index is 12.1. The van der Waals surface area contributed by atoms with E-state index in [-0.39, 0.29) is 18.0 Å². The molecule has 0 unspecified atom stereocenters. The Bertz CT molecular complexity index is 654. The number of nitro groups is 1. The van der Waals surface area contributed by atoms with E-state index in [1.54, 1.807) is 35.4 Å². The maximum Gasteiger partial charge on any atom is 0.269 e. The molecule has 0 fully saturated rings. The van der Waals surface area contributed by atoms with Gasteiger partial charge in [-0.15, -0.1) is 11.3 Å². The number of rotatable bonds is 5. The number of carbonyl (C=O) groups excluding carboxylic acids is 1. The van der Waals surface area contributed by atoms with Gasteiger partial charge in [-0.2, -0.15) is 0 Å². The zero-order valence-electron chi connectivity index (χ0n) is 11.3. The summed E-state index contributed by atoms with van der Waals surface area (Å²) >= 11 is 4.97. The summed E-state index contributed by atoms with van der Waals surface area (Å²) in [6.45, 7) is 0.558. The Morgan fingerprint density at radius 3 is 2.57 bits per heavy atom. The zero-order valence-corrected chi connectivity index (χ0v) is 13.7.